The van der Waals surface area contributed by atoms with E-state index in [2.05, 4.69) is 15.9 Å². The van der Waals surface area contributed by atoms with Crippen LogP contribution >= 0.6 is 15.9 Å². The van der Waals surface area contributed by atoms with Gasteiger partial charge in [-0.1, -0.05) is 0 Å². The third kappa shape index (κ3) is 4.75. The fourth-order valence-corrected chi connectivity index (χ4v) is 1.68. The van der Waals surface area contributed by atoms with Gasteiger partial charge in [0.1, 0.15) is 5.76 Å². The molecule has 0 aromatic carbocycles. The number of hydrogen-bond donors (Lipinski definition) is 1. The smallest absolute Gasteiger partial charge is 0.246 e. The Bertz CT molecular complexity index is 387. The van der Waals surface area contributed by atoms with Crippen molar-refractivity contribution in [1.29, 1.82) is 0 Å². The Kier molecular flexibility index (Phi) is 6.00. The van der Waals surface area contributed by atoms with Crippen LogP contribution in [0.2, 0.25) is 0 Å². The maximum atomic E-state index is 11.8. The molecule has 1 aromatic heterocycles. The average molecular weight is 302 g/mol. The van der Waals surface area contributed by atoms with Crippen molar-refractivity contribution in [3.63, 3.8) is 0 Å². The highest BCUT2D eigenvalue weighted by molar-refractivity contribution is 9.10. The molecular formula is C12H16BrNO3. The minimum Gasteiger partial charge on any atom is -0.450 e. The van der Waals surface area contributed by atoms with Crippen LogP contribution in [0.25, 0.3) is 6.08 Å². The highest BCUT2D eigenvalue weighted by Crippen LogP contribution is 2.15. The topological polar surface area (TPSA) is 53.7 Å². The summed E-state index contributed by atoms with van der Waals surface area (Å²) in [5.74, 6) is 0.553. The van der Waals surface area contributed by atoms with E-state index in [0.717, 1.165) is 0 Å². The van der Waals surface area contributed by atoms with Gasteiger partial charge in [-0.3, -0.25) is 4.79 Å². The summed E-state index contributed by atoms with van der Waals surface area (Å²) in [6, 6.07) is 3.55. The lowest BCUT2D eigenvalue weighted by atomic mass is 10.3. The van der Waals surface area contributed by atoms with Crippen molar-refractivity contribution in [2.24, 2.45) is 0 Å². The predicted octanol–water partition coefficient (Wildman–Crippen LogP) is 2.29. The zero-order valence-electron chi connectivity index (χ0n) is 9.73. The number of halogens is 1. The van der Waals surface area contributed by atoms with Crippen LogP contribution in [0.3, 0.4) is 0 Å². The van der Waals surface area contributed by atoms with E-state index in [1.807, 2.05) is 6.92 Å². The van der Waals surface area contributed by atoms with E-state index in [-0.39, 0.29) is 12.5 Å². The van der Waals surface area contributed by atoms with Crippen molar-refractivity contribution in [2.45, 2.75) is 13.3 Å². The highest BCUT2D eigenvalue weighted by atomic mass is 79.9. The van der Waals surface area contributed by atoms with Gasteiger partial charge in [0.2, 0.25) is 5.91 Å². The maximum absolute atomic E-state index is 11.8. The van der Waals surface area contributed by atoms with Crippen LogP contribution < -0.4 is 0 Å². The van der Waals surface area contributed by atoms with Gasteiger partial charge in [-0.15, -0.1) is 0 Å². The number of likely N-dealkylation sites (N-methyl/N-ethyl adjacent to an activating group) is 1. The number of furan rings is 1. The molecule has 0 radical (unpaired) electrons. The number of carbonyl (C=O) groups is 1. The van der Waals surface area contributed by atoms with E-state index in [1.165, 1.54) is 6.08 Å². The van der Waals surface area contributed by atoms with Crippen molar-refractivity contribution >= 4 is 27.9 Å². The third-order valence-corrected chi connectivity index (χ3v) is 2.69. The number of hydrogen-bond acceptors (Lipinski definition) is 3. The van der Waals surface area contributed by atoms with Gasteiger partial charge in [-0.05, 0) is 47.5 Å². The van der Waals surface area contributed by atoms with Gasteiger partial charge in [-0.2, -0.15) is 0 Å². The first-order valence-electron chi connectivity index (χ1n) is 5.50. The average Bonchev–Trinajstić information content (AvgIpc) is 2.73. The summed E-state index contributed by atoms with van der Waals surface area (Å²) >= 11 is 3.19. The van der Waals surface area contributed by atoms with Crippen LogP contribution in [0.1, 0.15) is 19.1 Å². The monoisotopic (exact) mass is 301 g/mol. The van der Waals surface area contributed by atoms with Crippen LogP contribution in [-0.4, -0.2) is 35.6 Å². The van der Waals surface area contributed by atoms with Gasteiger partial charge in [0.15, 0.2) is 4.67 Å². The van der Waals surface area contributed by atoms with Crippen LogP contribution in [0, 0.1) is 0 Å². The minimum absolute atomic E-state index is 0.0755. The van der Waals surface area contributed by atoms with Crippen molar-refractivity contribution in [3.05, 3.63) is 28.6 Å². The summed E-state index contributed by atoms with van der Waals surface area (Å²) in [7, 11) is 0. The first-order chi connectivity index (χ1) is 8.17. The molecule has 1 aromatic rings. The lowest BCUT2D eigenvalue weighted by Crippen LogP contribution is -2.30. The second kappa shape index (κ2) is 7.29. The van der Waals surface area contributed by atoms with E-state index in [9.17, 15) is 4.79 Å². The van der Waals surface area contributed by atoms with Crippen LogP contribution in [-0.2, 0) is 4.79 Å². The molecule has 1 heterocycles. The van der Waals surface area contributed by atoms with Crippen molar-refractivity contribution in [2.75, 3.05) is 19.7 Å². The first-order valence-corrected chi connectivity index (χ1v) is 6.30. The molecule has 17 heavy (non-hydrogen) atoms. The van der Waals surface area contributed by atoms with Gasteiger partial charge < -0.3 is 14.4 Å². The Labute approximate surface area is 109 Å². The molecule has 0 spiro atoms. The van der Waals surface area contributed by atoms with Gasteiger partial charge in [0.25, 0.3) is 0 Å². The molecule has 0 fully saturated rings. The van der Waals surface area contributed by atoms with E-state index in [0.29, 0.717) is 29.9 Å². The number of amides is 1. The molecule has 1 rings (SSSR count). The first kappa shape index (κ1) is 14.0. The van der Waals surface area contributed by atoms with Crippen molar-refractivity contribution in [1.82, 2.24) is 4.90 Å². The number of aliphatic hydroxyl groups is 1. The van der Waals surface area contributed by atoms with Crippen molar-refractivity contribution < 1.29 is 14.3 Å². The van der Waals surface area contributed by atoms with E-state index in [4.69, 9.17) is 9.52 Å². The lowest BCUT2D eigenvalue weighted by Gasteiger charge is -2.18. The standard InChI is InChI=1S/C12H16BrNO3/c1-2-14(8-3-9-15)12(16)7-5-10-4-6-11(13)17-10/h4-7,15H,2-3,8-9H2,1H3/b7-5+. The van der Waals surface area contributed by atoms with E-state index < -0.39 is 0 Å². The Hall–Kier alpha value is -1.07. The number of rotatable bonds is 6. The van der Waals surface area contributed by atoms with Gasteiger partial charge in [0, 0.05) is 25.8 Å². The SMILES string of the molecule is CCN(CCCO)C(=O)/C=C/c1ccc(Br)o1. The van der Waals surface area contributed by atoms with Gasteiger partial charge in [-0.25, -0.2) is 0 Å². The summed E-state index contributed by atoms with van der Waals surface area (Å²) in [4.78, 5) is 13.4. The summed E-state index contributed by atoms with van der Waals surface area (Å²) < 4.78 is 5.88. The second-order valence-electron chi connectivity index (χ2n) is 3.47. The maximum Gasteiger partial charge on any atom is 0.246 e. The number of carbonyl (C=O) groups excluding carboxylic acids is 1. The molecule has 0 saturated carbocycles. The Morgan fingerprint density at radius 2 is 2.35 bits per heavy atom. The second-order valence-corrected chi connectivity index (χ2v) is 4.25. The molecule has 0 unspecified atom stereocenters. The molecule has 0 aliphatic carbocycles. The molecule has 0 aliphatic rings. The zero-order chi connectivity index (χ0) is 12.7. The largest absolute Gasteiger partial charge is 0.450 e. The fourth-order valence-electron chi connectivity index (χ4n) is 1.36. The van der Waals surface area contributed by atoms with Crippen LogP contribution in [0.5, 0.6) is 0 Å². The third-order valence-electron chi connectivity index (χ3n) is 2.26. The number of aliphatic hydroxyl groups excluding tert-OH is 1. The highest BCUT2D eigenvalue weighted by Gasteiger charge is 2.07. The van der Waals surface area contributed by atoms with Crippen molar-refractivity contribution in [3.8, 4) is 0 Å². The molecule has 1 N–H and O–H groups in total. The Morgan fingerprint density at radius 3 is 2.88 bits per heavy atom. The molecular weight excluding hydrogens is 286 g/mol. The fraction of sp³-hybridized carbons (Fsp3) is 0.417. The molecule has 94 valence electrons. The Morgan fingerprint density at radius 1 is 1.59 bits per heavy atom. The molecule has 0 bridgehead atoms. The molecule has 1 amide bonds. The van der Waals surface area contributed by atoms with Crippen LogP contribution in [0.4, 0.5) is 0 Å². The van der Waals surface area contributed by atoms with E-state index >= 15 is 0 Å². The van der Waals surface area contributed by atoms with Gasteiger partial charge in [0.05, 0.1) is 0 Å². The quantitative estimate of drug-likeness (QED) is 0.820. The lowest BCUT2D eigenvalue weighted by molar-refractivity contribution is -0.125. The normalized spacial score (nSPS) is 11.0. The molecule has 5 heteroatoms. The summed E-state index contributed by atoms with van der Waals surface area (Å²) in [5, 5.41) is 8.73. The molecule has 0 saturated heterocycles. The van der Waals surface area contributed by atoms with E-state index in [1.54, 1.807) is 23.1 Å². The molecule has 0 atom stereocenters. The molecule has 0 aliphatic heterocycles. The number of nitrogens with zero attached hydrogens (tertiary/aromatic N) is 1. The molecule has 4 nitrogen and oxygen atoms in total. The minimum atomic E-state index is -0.0755. The summed E-state index contributed by atoms with van der Waals surface area (Å²) in [5.41, 5.74) is 0. The zero-order valence-corrected chi connectivity index (χ0v) is 11.3. The summed E-state index contributed by atoms with van der Waals surface area (Å²) in [6.07, 6.45) is 3.71. The Balaban J connectivity index is 2.54. The predicted molar refractivity (Wildman–Crippen MR) is 69.4 cm³/mol. The van der Waals surface area contributed by atoms with Crippen LogP contribution in [0.15, 0.2) is 27.3 Å². The summed E-state index contributed by atoms with van der Waals surface area (Å²) in [6.45, 7) is 3.20. The van der Waals surface area contributed by atoms with Gasteiger partial charge >= 0.3 is 0 Å².